The highest BCUT2D eigenvalue weighted by molar-refractivity contribution is 5.86. The van der Waals surface area contributed by atoms with E-state index < -0.39 is 0 Å². The van der Waals surface area contributed by atoms with Gasteiger partial charge in [0.2, 0.25) is 11.8 Å². The molecule has 1 saturated carbocycles. The molecule has 1 aliphatic carbocycles. The van der Waals surface area contributed by atoms with Crippen molar-refractivity contribution in [3.63, 3.8) is 0 Å². The monoisotopic (exact) mass is 358 g/mol. The maximum Gasteiger partial charge on any atom is 0.242 e. The number of hydrogen-bond donors (Lipinski definition) is 0. The second-order valence-corrected chi connectivity index (χ2v) is 8.36. The van der Waals surface area contributed by atoms with Gasteiger partial charge in [-0.05, 0) is 42.4 Å². The van der Waals surface area contributed by atoms with Crippen LogP contribution in [0.2, 0.25) is 0 Å². The molecule has 2 aliphatic heterocycles. The minimum absolute atomic E-state index is 0.0517. The first-order valence-corrected chi connectivity index (χ1v) is 9.86. The van der Waals surface area contributed by atoms with Gasteiger partial charge in [-0.15, -0.1) is 0 Å². The fourth-order valence-electron chi connectivity index (χ4n) is 5.02. The summed E-state index contributed by atoms with van der Waals surface area (Å²) in [4.78, 5) is 28.8. The second-order valence-electron chi connectivity index (χ2n) is 8.36. The highest BCUT2D eigenvalue weighted by Crippen LogP contribution is 2.44. The molecule has 2 amide bonds. The van der Waals surface area contributed by atoms with E-state index in [1.807, 2.05) is 17.0 Å². The number of hydrogen-bond acceptors (Lipinski definition) is 2. The van der Waals surface area contributed by atoms with Crippen molar-refractivity contribution >= 4 is 11.8 Å². The largest absolute Gasteiger partial charge is 0.341 e. The number of halogens is 1. The zero-order valence-corrected chi connectivity index (χ0v) is 15.3. The summed E-state index contributed by atoms with van der Waals surface area (Å²) in [6.07, 6.45) is 7.46. The Morgan fingerprint density at radius 1 is 1.15 bits per heavy atom. The number of rotatable bonds is 3. The lowest BCUT2D eigenvalue weighted by molar-refractivity contribution is -0.137. The number of amides is 2. The maximum atomic E-state index is 13.1. The third-order valence-corrected chi connectivity index (χ3v) is 6.53. The van der Waals surface area contributed by atoms with E-state index in [2.05, 4.69) is 0 Å². The Bertz CT molecular complexity index is 682. The van der Waals surface area contributed by atoms with E-state index in [0.29, 0.717) is 19.5 Å². The van der Waals surface area contributed by atoms with Crippen LogP contribution in [0.25, 0.3) is 0 Å². The molecule has 3 fully saturated rings. The molecule has 2 heterocycles. The van der Waals surface area contributed by atoms with E-state index in [1.54, 1.807) is 4.90 Å². The fourth-order valence-corrected chi connectivity index (χ4v) is 5.02. The van der Waals surface area contributed by atoms with Gasteiger partial charge in [-0.2, -0.15) is 0 Å². The van der Waals surface area contributed by atoms with Crippen molar-refractivity contribution in [2.75, 3.05) is 26.2 Å². The lowest BCUT2D eigenvalue weighted by Gasteiger charge is -2.32. The standard InChI is InChI=1S/C21H27FN2O2/c22-18-6-4-16(5-7-18)17-8-11-23(13-17)20(26)14-24-15-21(12-19(24)25)9-2-1-3-10-21/h4-7,17H,1-3,8-15H2/t17-/m1/s1. The average molecular weight is 358 g/mol. The van der Waals surface area contributed by atoms with Gasteiger partial charge in [-0.3, -0.25) is 9.59 Å². The van der Waals surface area contributed by atoms with Gasteiger partial charge in [0.05, 0.1) is 6.54 Å². The molecule has 1 spiro atoms. The van der Waals surface area contributed by atoms with Crippen LogP contribution in [0.1, 0.15) is 56.4 Å². The SMILES string of the molecule is O=C(CN1CC2(CCCCC2)CC1=O)N1CC[C@@H](c2ccc(F)cc2)C1. The summed E-state index contributed by atoms with van der Waals surface area (Å²) in [6.45, 7) is 2.36. The lowest BCUT2D eigenvalue weighted by atomic mass is 9.73. The molecule has 3 aliphatic rings. The average Bonchev–Trinajstić information content (AvgIpc) is 3.22. The minimum Gasteiger partial charge on any atom is -0.341 e. The topological polar surface area (TPSA) is 40.6 Å². The molecule has 1 aromatic carbocycles. The minimum atomic E-state index is -0.233. The van der Waals surface area contributed by atoms with Gasteiger partial charge in [-0.25, -0.2) is 4.39 Å². The Balaban J connectivity index is 1.34. The van der Waals surface area contributed by atoms with Crippen molar-refractivity contribution in [1.82, 2.24) is 9.80 Å². The van der Waals surface area contributed by atoms with Crippen LogP contribution >= 0.6 is 0 Å². The van der Waals surface area contributed by atoms with Gasteiger partial charge >= 0.3 is 0 Å². The summed E-state index contributed by atoms with van der Waals surface area (Å²) >= 11 is 0. The molecule has 0 unspecified atom stereocenters. The van der Waals surface area contributed by atoms with Crippen LogP contribution in [0.4, 0.5) is 4.39 Å². The first kappa shape index (κ1) is 17.5. The van der Waals surface area contributed by atoms with Crippen molar-refractivity contribution in [2.24, 2.45) is 5.41 Å². The van der Waals surface area contributed by atoms with E-state index in [4.69, 9.17) is 0 Å². The predicted molar refractivity (Wildman–Crippen MR) is 97.1 cm³/mol. The number of nitrogens with zero attached hydrogens (tertiary/aromatic N) is 2. The zero-order valence-electron chi connectivity index (χ0n) is 15.3. The summed E-state index contributed by atoms with van der Waals surface area (Å²) in [5.74, 6) is 0.229. The molecule has 0 bridgehead atoms. The first-order valence-electron chi connectivity index (χ1n) is 9.86. The highest BCUT2D eigenvalue weighted by atomic mass is 19.1. The van der Waals surface area contributed by atoms with Gasteiger partial charge < -0.3 is 9.80 Å². The summed E-state index contributed by atoms with van der Waals surface area (Å²) in [6, 6.07) is 6.58. The predicted octanol–water partition coefficient (Wildman–Crippen LogP) is 3.32. The molecular formula is C21H27FN2O2. The summed E-state index contributed by atoms with van der Waals surface area (Å²) in [5.41, 5.74) is 1.22. The molecule has 5 heteroatoms. The Labute approximate surface area is 154 Å². The molecule has 26 heavy (non-hydrogen) atoms. The molecule has 2 saturated heterocycles. The Morgan fingerprint density at radius 2 is 1.88 bits per heavy atom. The van der Waals surface area contributed by atoms with Crippen molar-refractivity contribution in [1.29, 1.82) is 0 Å². The normalized spacial score (nSPS) is 25.3. The zero-order chi connectivity index (χ0) is 18.1. The van der Waals surface area contributed by atoms with Crippen LogP contribution < -0.4 is 0 Å². The van der Waals surface area contributed by atoms with E-state index in [1.165, 1.54) is 31.4 Å². The van der Waals surface area contributed by atoms with Crippen molar-refractivity contribution in [2.45, 2.75) is 50.9 Å². The summed E-state index contributed by atoms with van der Waals surface area (Å²) in [7, 11) is 0. The third kappa shape index (κ3) is 3.49. The molecule has 0 aromatic heterocycles. The highest BCUT2D eigenvalue weighted by Gasteiger charge is 2.44. The molecular weight excluding hydrogens is 331 g/mol. The molecule has 0 N–H and O–H groups in total. The van der Waals surface area contributed by atoms with Crippen LogP contribution in [0.5, 0.6) is 0 Å². The van der Waals surface area contributed by atoms with Crippen molar-refractivity contribution in [3.8, 4) is 0 Å². The van der Waals surface area contributed by atoms with Gasteiger partial charge in [0.25, 0.3) is 0 Å². The van der Waals surface area contributed by atoms with Crippen LogP contribution in [0.15, 0.2) is 24.3 Å². The van der Waals surface area contributed by atoms with Gasteiger partial charge in [0.15, 0.2) is 0 Å². The van der Waals surface area contributed by atoms with Crippen LogP contribution in [0, 0.1) is 11.2 Å². The molecule has 4 rings (SSSR count). The Kier molecular flexibility index (Phi) is 4.72. The van der Waals surface area contributed by atoms with E-state index in [-0.39, 0.29) is 35.5 Å². The molecule has 0 radical (unpaired) electrons. The smallest absolute Gasteiger partial charge is 0.242 e. The quantitative estimate of drug-likeness (QED) is 0.832. The number of benzene rings is 1. The number of carbonyl (C=O) groups excluding carboxylic acids is 2. The van der Waals surface area contributed by atoms with Gasteiger partial charge in [-0.1, -0.05) is 31.4 Å². The molecule has 4 nitrogen and oxygen atoms in total. The Hall–Kier alpha value is -1.91. The van der Waals surface area contributed by atoms with Crippen molar-refractivity contribution in [3.05, 3.63) is 35.6 Å². The Morgan fingerprint density at radius 3 is 2.62 bits per heavy atom. The van der Waals surface area contributed by atoms with Crippen LogP contribution in [-0.4, -0.2) is 47.8 Å². The van der Waals surface area contributed by atoms with Gasteiger partial charge in [0.1, 0.15) is 5.82 Å². The molecule has 1 atom stereocenters. The van der Waals surface area contributed by atoms with E-state index in [0.717, 1.165) is 31.4 Å². The van der Waals surface area contributed by atoms with E-state index in [9.17, 15) is 14.0 Å². The van der Waals surface area contributed by atoms with Crippen molar-refractivity contribution < 1.29 is 14.0 Å². The molecule has 1 aromatic rings. The molecule has 140 valence electrons. The van der Waals surface area contributed by atoms with Crippen LogP contribution in [-0.2, 0) is 9.59 Å². The summed E-state index contributed by atoms with van der Waals surface area (Å²) in [5, 5.41) is 0. The first-order chi connectivity index (χ1) is 12.5. The number of carbonyl (C=O) groups is 2. The second kappa shape index (κ2) is 7.01. The van der Waals surface area contributed by atoms with Gasteiger partial charge in [0, 0.05) is 32.0 Å². The van der Waals surface area contributed by atoms with Crippen LogP contribution in [0.3, 0.4) is 0 Å². The summed E-state index contributed by atoms with van der Waals surface area (Å²) < 4.78 is 13.1. The fraction of sp³-hybridized carbons (Fsp3) is 0.619. The third-order valence-electron chi connectivity index (χ3n) is 6.53. The maximum absolute atomic E-state index is 13.1. The number of likely N-dealkylation sites (tertiary alicyclic amines) is 2. The lowest BCUT2D eigenvalue weighted by Crippen LogP contribution is -2.40. The van der Waals surface area contributed by atoms with E-state index >= 15 is 0 Å².